The third kappa shape index (κ3) is 5.04. The minimum Gasteiger partial charge on any atom is -0.493 e. The molecule has 4 rings (SSSR count). The number of benzene rings is 2. The van der Waals surface area contributed by atoms with Crippen molar-refractivity contribution in [3.63, 3.8) is 0 Å². The van der Waals surface area contributed by atoms with Gasteiger partial charge >= 0.3 is 0 Å². The Morgan fingerprint density at radius 3 is 2.53 bits per heavy atom. The zero-order valence-corrected chi connectivity index (χ0v) is 18.5. The van der Waals surface area contributed by atoms with E-state index in [4.69, 9.17) is 14.2 Å². The first-order valence-corrected chi connectivity index (χ1v) is 11.0. The van der Waals surface area contributed by atoms with Crippen LogP contribution in [0.5, 0.6) is 17.2 Å². The molecular formula is C25H29N3O4. The number of aromatic nitrogens is 2. The Morgan fingerprint density at radius 2 is 1.81 bits per heavy atom. The lowest BCUT2D eigenvalue weighted by molar-refractivity contribution is 0.102. The maximum absolute atomic E-state index is 12.8. The summed E-state index contributed by atoms with van der Waals surface area (Å²) in [6.45, 7) is 0.428. The normalized spacial score (nSPS) is 14.1. The Balaban J connectivity index is 1.42. The van der Waals surface area contributed by atoms with Gasteiger partial charge < -0.3 is 19.5 Å². The molecule has 7 nitrogen and oxygen atoms in total. The lowest BCUT2D eigenvalue weighted by Gasteiger charge is -2.23. The zero-order chi connectivity index (χ0) is 22.3. The van der Waals surface area contributed by atoms with Crippen LogP contribution < -0.4 is 19.5 Å². The van der Waals surface area contributed by atoms with Gasteiger partial charge in [0.15, 0.2) is 11.5 Å². The molecule has 3 aromatic rings. The highest BCUT2D eigenvalue weighted by molar-refractivity contribution is 6.03. The Morgan fingerprint density at radius 1 is 1.03 bits per heavy atom. The summed E-state index contributed by atoms with van der Waals surface area (Å²) in [5.74, 6) is 2.51. The van der Waals surface area contributed by atoms with E-state index in [2.05, 4.69) is 10.4 Å². The highest BCUT2D eigenvalue weighted by atomic mass is 16.5. The standard InChI is InChI=1S/C25H29N3O4/c1-30-22-10-6-7-19(24(22)31-2)17-28-23(15-16-26-28)27-25(29)18-11-13-21(14-12-18)32-20-8-4-3-5-9-20/h6-7,10-16,20H,3-5,8-9,17H2,1-2H3,(H,27,29). The molecule has 7 heteroatoms. The number of rotatable bonds is 8. The molecule has 0 aliphatic heterocycles. The number of nitrogens with zero attached hydrogens (tertiary/aromatic N) is 2. The molecule has 1 saturated carbocycles. The molecule has 1 aliphatic carbocycles. The molecular weight excluding hydrogens is 406 g/mol. The Bertz CT molecular complexity index is 1040. The van der Waals surface area contributed by atoms with E-state index in [1.807, 2.05) is 30.3 Å². The molecule has 0 spiro atoms. The van der Waals surface area contributed by atoms with E-state index < -0.39 is 0 Å². The molecule has 1 amide bonds. The monoisotopic (exact) mass is 435 g/mol. The maximum Gasteiger partial charge on any atom is 0.256 e. The van der Waals surface area contributed by atoms with Crippen molar-refractivity contribution >= 4 is 11.7 Å². The second-order valence-electron chi connectivity index (χ2n) is 7.88. The van der Waals surface area contributed by atoms with Crippen molar-refractivity contribution in [1.82, 2.24) is 9.78 Å². The number of amides is 1. The summed E-state index contributed by atoms with van der Waals surface area (Å²) < 4.78 is 18.7. The van der Waals surface area contributed by atoms with Gasteiger partial charge in [-0.15, -0.1) is 0 Å². The van der Waals surface area contributed by atoms with Crippen molar-refractivity contribution in [2.45, 2.75) is 44.8 Å². The number of para-hydroxylation sites is 1. The molecule has 2 aromatic carbocycles. The van der Waals surface area contributed by atoms with Crippen LogP contribution in [-0.4, -0.2) is 36.0 Å². The fourth-order valence-electron chi connectivity index (χ4n) is 4.05. The minimum atomic E-state index is -0.200. The maximum atomic E-state index is 12.8. The zero-order valence-electron chi connectivity index (χ0n) is 18.5. The fraction of sp³-hybridized carbons (Fsp3) is 0.360. The van der Waals surface area contributed by atoms with E-state index in [0.29, 0.717) is 29.4 Å². The van der Waals surface area contributed by atoms with Crippen LogP contribution in [0.1, 0.15) is 48.0 Å². The van der Waals surface area contributed by atoms with Crippen LogP contribution in [0.2, 0.25) is 0 Å². The molecule has 0 bridgehead atoms. The van der Waals surface area contributed by atoms with Crippen LogP contribution in [0.4, 0.5) is 5.82 Å². The van der Waals surface area contributed by atoms with E-state index in [1.54, 1.807) is 43.3 Å². The molecule has 0 radical (unpaired) electrons. The number of hydrogen-bond donors (Lipinski definition) is 1. The van der Waals surface area contributed by atoms with Gasteiger partial charge in [-0.2, -0.15) is 5.10 Å². The van der Waals surface area contributed by atoms with Gasteiger partial charge in [-0.25, -0.2) is 4.68 Å². The summed E-state index contributed by atoms with van der Waals surface area (Å²) in [6, 6.07) is 14.8. The topological polar surface area (TPSA) is 74.6 Å². The van der Waals surface area contributed by atoms with Crippen molar-refractivity contribution < 1.29 is 19.0 Å². The third-order valence-electron chi connectivity index (χ3n) is 5.73. The second-order valence-corrected chi connectivity index (χ2v) is 7.88. The highest BCUT2D eigenvalue weighted by Crippen LogP contribution is 2.31. The Hall–Kier alpha value is -3.48. The molecule has 1 aromatic heterocycles. The quantitative estimate of drug-likeness (QED) is 0.544. The number of hydrogen-bond acceptors (Lipinski definition) is 5. The van der Waals surface area contributed by atoms with Gasteiger partial charge in [0.1, 0.15) is 11.6 Å². The predicted molar refractivity (Wildman–Crippen MR) is 123 cm³/mol. The molecule has 1 aliphatic rings. The van der Waals surface area contributed by atoms with E-state index in [9.17, 15) is 4.79 Å². The van der Waals surface area contributed by atoms with E-state index in [0.717, 1.165) is 24.2 Å². The summed E-state index contributed by atoms with van der Waals surface area (Å²) in [6.07, 6.45) is 7.88. The first-order chi connectivity index (χ1) is 15.7. The average Bonchev–Trinajstić information content (AvgIpc) is 3.26. The number of methoxy groups -OCH3 is 2. The van der Waals surface area contributed by atoms with E-state index in [1.165, 1.54) is 19.3 Å². The van der Waals surface area contributed by atoms with Crippen LogP contribution in [-0.2, 0) is 6.54 Å². The fourth-order valence-corrected chi connectivity index (χ4v) is 4.05. The lowest BCUT2D eigenvalue weighted by atomic mass is 9.98. The lowest BCUT2D eigenvalue weighted by Crippen LogP contribution is -2.19. The van der Waals surface area contributed by atoms with Crippen LogP contribution in [0.15, 0.2) is 54.7 Å². The molecule has 0 unspecified atom stereocenters. The van der Waals surface area contributed by atoms with Gasteiger partial charge in [-0.05, 0) is 56.0 Å². The van der Waals surface area contributed by atoms with Crippen LogP contribution in [0.25, 0.3) is 0 Å². The Kier molecular flexibility index (Phi) is 6.94. The van der Waals surface area contributed by atoms with Crippen LogP contribution in [0.3, 0.4) is 0 Å². The third-order valence-corrected chi connectivity index (χ3v) is 5.73. The van der Waals surface area contributed by atoms with Crippen LogP contribution in [0, 0.1) is 0 Å². The number of carbonyl (C=O) groups is 1. The molecule has 168 valence electrons. The highest BCUT2D eigenvalue weighted by Gasteiger charge is 2.16. The average molecular weight is 436 g/mol. The summed E-state index contributed by atoms with van der Waals surface area (Å²) in [4.78, 5) is 12.8. The van der Waals surface area contributed by atoms with E-state index >= 15 is 0 Å². The second kappa shape index (κ2) is 10.2. The SMILES string of the molecule is COc1cccc(Cn2nccc2NC(=O)c2ccc(OC3CCCCC3)cc2)c1OC. The van der Waals surface area contributed by atoms with Gasteiger partial charge in [-0.3, -0.25) is 4.79 Å². The first kappa shape index (κ1) is 21.7. The summed E-state index contributed by atoms with van der Waals surface area (Å²) in [5.41, 5.74) is 1.46. The smallest absolute Gasteiger partial charge is 0.256 e. The largest absolute Gasteiger partial charge is 0.493 e. The Labute approximate surface area is 188 Å². The summed E-state index contributed by atoms with van der Waals surface area (Å²) in [5, 5.41) is 7.30. The van der Waals surface area contributed by atoms with Crippen molar-refractivity contribution in [1.29, 1.82) is 0 Å². The van der Waals surface area contributed by atoms with Crippen molar-refractivity contribution in [2.24, 2.45) is 0 Å². The molecule has 0 atom stereocenters. The number of ether oxygens (including phenoxy) is 3. The molecule has 32 heavy (non-hydrogen) atoms. The summed E-state index contributed by atoms with van der Waals surface area (Å²) >= 11 is 0. The first-order valence-electron chi connectivity index (χ1n) is 11.0. The van der Waals surface area contributed by atoms with E-state index in [-0.39, 0.29) is 12.0 Å². The predicted octanol–water partition coefficient (Wildman–Crippen LogP) is 4.91. The van der Waals surface area contributed by atoms with Crippen molar-refractivity contribution in [3.05, 3.63) is 65.9 Å². The molecule has 0 saturated heterocycles. The number of nitrogens with one attached hydrogen (secondary N) is 1. The minimum absolute atomic E-state index is 0.200. The number of carbonyl (C=O) groups excluding carboxylic acids is 1. The van der Waals surface area contributed by atoms with Gasteiger partial charge in [-0.1, -0.05) is 18.6 Å². The van der Waals surface area contributed by atoms with Gasteiger partial charge in [0.25, 0.3) is 5.91 Å². The molecule has 1 fully saturated rings. The van der Waals surface area contributed by atoms with Gasteiger partial charge in [0, 0.05) is 17.2 Å². The van der Waals surface area contributed by atoms with Gasteiger partial charge in [0.05, 0.1) is 33.1 Å². The number of anilines is 1. The molecule has 1 N–H and O–H groups in total. The van der Waals surface area contributed by atoms with Crippen molar-refractivity contribution in [2.75, 3.05) is 19.5 Å². The van der Waals surface area contributed by atoms with Crippen LogP contribution >= 0.6 is 0 Å². The molecule has 1 heterocycles. The van der Waals surface area contributed by atoms with Gasteiger partial charge in [0.2, 0.25) is 0 Å². The summed E-state index contributed by atoms with van der Waals surface area (Å²) in [7, 11) is 3.21. The van der Waals surface area contributed by atoms with Crippen molar-refractivity contribution in [3.8, 4) is 17.2 Å².